The average molecular weight is 326 g/mol. The predicted octanol–water partition coefficient (Wildman–Crippen LogP) is 3.35. The average Bonchev–Trinajstić information content (AvgIpc) is 3.03. The Morgan fingerprint density at radius 1 is 1.22 bits per heavy atom. The number of fused-ring (bicyclic) bond motifs is 1. The fraction of sp³-hybridized carbons (Fsp3) is 0.167. The first-order valence-corrected chi connectivity index (χ1v) is 8.58. The minimum absolute atomic E-state index is 0.173. The highest BCUT2D eigenvalue weighted by Gasteiger charge is 2.12. The SMILES string of the molecule is CSc1ccc(C(O)CNC(=O)c2cc3ccccc3[nH]2)cc1. The number of aromatic nitrogens is 1. The first-order valence-electron chi connectivity index (χ1n) is 7.35. The molecule has 4 nitrogen and oxygen atoms in total. The van der Waals surface area contributed by atoms with Crippen LogP contribution in [0.1, 0.15) is 22.2 Å². The molecule has 3 rings (SSSR count). The number of aliphatic hydroxyl groups is 1. The van der Waals surface area contributed by atoms with Crippen molar-refractivity contribution in [3.63, 3.8) is 0 Å². The van der Waals surface area contributed by atoms with Crippen molar-refractivity contribution in [2.45, 2.75) is 11.0 Å². The lowest BCUT2D eigenvalue weighted by molar-refractivity contribution is 0.0912. The first-order chi connectivity index (χ1) is 11.2. The zero-order valence-electron chi connectivity index (χ0n) is 12.7. The van der Waals surface area contributed by atoms with E-state index in [0.717, 1.165) is 21.4 Å². The van der Waals surface area contributed by atoms with Gasteiger partial charge in [-0.05, 0) is 36.1 Å². The van der Waals surface area contributed by atoms with Crippen LogP contribution in [-0.2, 0) is 0 Å². The number of hydrogen-bond donors (Lipinski definition) is 3. The Bertz CT molecular complexity index is 778. The summed E-state index contributed by atoms with van der Waals surface area (Å²) in [5.74, 6) is -0.221. The third-order valence-electron chi connectivity index (χ3n) is 3.73. The Morgan fingerprint density at radius 2 is 1.96 bits per heavy atom. The van der Waals surface area contributed by atoms with Crippen LogP contribution in [0.25, 0.3) is 10.9 Å². The van der Waals surface area contributed by atoms with E-state index in [2.05, 4.69) is 10.3 Å². The summed E-state index contributed by atoms with van der Waals surface area (Å²) < 4.78 is 0. The fourth-order valence-corrected chi connectivity index (χ4v) is 2.83. The number of aliphatic hydroxyl groups excluding tert-OH is 1. The molecule has 1 unspecified atom stereocenters. The molecule has 1 heterocycles. The van der Waals surface area contributed by atoms with Crippen LogP contribution in [0.15, 0.2) is 59.5 Å². The second-order valence-electron chi connectivity index (χ2n) is 5.27. The number of H-pyrrole nitrogens is 1. The summed E-state index contributed by atoms with van der Waals surface area (Å²) in [5, 5.41) is 13.9. The van der Waals surface area contributed by atoms with Gasteiger partial charge in [0.1, 0.15) is 5.69 Å². The molecule has 2 aromatic carbocycles. The van der Waals surface area contributed by atoms with Crippen LogP contribution in [-0.4, -0.2) is 28.8 Å². The highest BCUT2D eigenvalue weighted by atomic mass is 32.2. The molecule has 0 saturated carbocycles. The molecule has 5 heteroatoms. The number of para-hydroxylation sites is 1. The maximum atomic E-state index is 12.2. The highest BCUT2D eigenvalue weighted by molar-refractivity contribution is 7.98. The number of nitrogens with one attached hydrogen (secondary N) is 2. The van der Waals surface area contributed by atoms with Gasteiger partial charge in [-0.15, -0.1) is 11.8 Å². The lowest BCUT2D eigenvalue weighted by Crippen LogP contribution is -2.28. The van der Waals surface area contributed by atoms with Gasteiger partial charge in [0.25, 0.3) is 5.91 Å². The van der Waals surface area contributed by atoms with Crippen molar-refractivity contribution in [3.05, 3.63) is 65.9 Å². The predicted molar refractivity (Wildman–Crippen MR) is 93.8 cm³/mol. The molecule has 0 aliphatic heterocycles. The smallest absolute Gasteiger partial charge is 0.267 e. The summed E-state index contributed by atoms with van der Waals surface area (Å²) in [7, 11) is 0. The van der Waals surface area contributed by atoms with E-state index in [0.29, 0.717) is 5.69 Å². The van der Waals surface area contributed by atoms with Crippen molar-refractivity contribution >= 4 is 28.6 Å². The van der Waals surface area contributed by atoms with E-state index in [4.69, 9.17) is 0 Å². The highest BCUT2D eigenvalue weighted by Crippen LogP contribution is 2.19. The van der Waals surface area contributed by atoms with Crippen LogP contribution in [0.2, 0.25) is 0 Å². The fourth-order valence-electron chi connectivity index (χ4n) is 2.42. The van der Waals surface area contributed by atoms with E-state index in [-0.39, 0.29) is 12.5 Å². The number of aromatic amines is 1. The van der Waals surface area contributed by atoms with Gasteiger partial charge in [0, 0.05) is 22.3 Å². The second kappa shape index (κ2) is 6.89. The lowest BCUT2D eigenvalue weighted by atomic mass is 10.1. The van der Waals surface area contributed by atoms with Crippen molar-refractivity contribution in [3.8, 4) is 0 Å². The molecule has 1 atom stereocenters. The van der Waals surface area contributed by atoms with E-state index < -0.39 is 6.10 Å². The topological polar surface area (TPSA) is 65.1 Å². The van der Waals surface area contributed by atoms with Crippen molar-refractivity contribution in [2.75, 3.05) is 12.8 Å². The van der Waals surface area contributed by atoms with Gasteiger partial charge in [-0.25, -0.2) is 0 Å². The molecule has 0 saturated heterocycles. The Balaban J connectivity index is 1.63. The normalized spacial score (nSPS) is 12.3. The van der Waals surface area contributed by atoms with Crippen LogP contribution < -0.4 is 5.32 Å². The Kier molecular flexibility index (Phi) is 4.69. The van der Waals surface area contributed by atoms with Gasteiger partial charge in [0.15, 0.2) is 0 Å². The van der Waals surface area contributed by atoms with Crippen molar-refractivity contribution in [1.82, 2.24) is 10.3 Å². The first kappa shape index (κ1) is 15.6. The van der Waals surface area contributed by atoms with E-state index in [1.165, 1.54) is 0 Å². The van der Waals surface area contributed by atoms with E-state index in [1.54, 1.807) is 11.8 Å². The number of rotatable bonds is 5. The summed E-state index contributed by atoms with van der Waals surface area (Å²) in [5.41, 5.74) is 2.21. The van der Waals surface area contributed by atoms with Gasteiger partial charge < -0.3 is 15.4 Å². The molecule has 3 aromatic rings. The minimum atomic E-state index is -0.723. The summed E-state index contributed by atoms with van der Waals surface area (Å²) >= 11 is 1.65. The largest absolute Gasteiger partial charge is 0.387 e. The molecule has 23 heavy (non-hydrogen) atoms. The van der Waals surface area contributed by atoms with Gasteiger partial charge in [-0.3, -0.25) is 4.79 Å². The summed E-state index contributed by atoms with van der Waals surface area (Å²) in [6, 6.07) is 17.2. The third-order valence-corrected chi connectivity index (χ3v) is 4.47. The second-order valence-corrected chi connectivity index (χ2v) is 6.15. The Labute approximate surface area is 138 Å². The summed E-state index contributed by atoms with van der Waals surface area (Å²) in [6.07, 6.45) is 1.28. The van der Waals surface area contributed by atoms with Crippen molar-refractivity contribution in [1.29, 1.82) is 0 Å². The van der Waals surface area contributed by atoms with E-state index in [9.17, 15) is 9.90 Å². The van der Waals surface area contributed by atoms with Crippen LogP contribution in [0.3, 0.4) is 0 Å². The number of thioether (sulfide) groups is 1. The molecular weight excluding hydrogens is 308 g/mol. The van der Waals surface area contributed by atoms with Gasteiger partial charge in [0.2, 0.25) is 0 Å². The molecule has 0 fully saturated rings. The number of hydrogen-bond acceptors (Lipinski definition) is 3. The zero-order valence-corrected chi connectivity index (χ0v) is 13.6. The molecule has 0 aliphatic rings. The summed E-state index contributed by atoms with van der Waals surface area (Å²) in [6.45, 7) is 0.173. The standard InChI is InChI=1S/C18H18N2O2S/c1-23-14-8-6-12(7-9-14)17(21)11-19-18(22)16-10-13-4-2-3-5-15(13)20-16/h2-10,17,20-21H,11H2,1H3,(H,19,22). The van der Waals surface area contributed by atoms with E-state index >= 15 is 0 Å². The van der Waals surface area contributed by atoms with Crippen LogP contribution >= 0.6 is 11.8 Å². The third kappa shape index (κ3) is 3.57. The quantitative estimate of drug-likeness (QED) is 0.630. The van der Waals surface area contributed by atoms with Gasteiger partial charge in [-0.1, -0.05) is 30.3 Å². The Morgan fingerprint density at radius 3 is 2.65 bits per heavy atom. The van der Waals surface area contributed by atoms with Crippen molar-refractivity contribution < 1.29 is 9.90 Å². The molecular formula is C18H18N2O2S. The van der Waals surface area contributed by atoms with Gasteiger partial charge in [-0.2, -0.15) is 0 Å². The number of carbonyl (C=O) groups excluding carboxylic acids is 1. The molecule has 0 spiro atoms. The molecule has 118 valence electrons. The van der Waals surface area contributed by atoms with Crippen LogP contribution in [0.4, 0.5) is 0 Å². The molecule has 1 amide bonds. The van der Waals surface area contributed by atoms with E-state index in [1.807, 2.05) is 60.9 Å². The monoisotopic (exact) mass is 326 g/mol. The maximum Gasteiger partial charge on any atom is 0.267 e. The Hall–Kier alpha value is -2.24. The summed E-state index contributed by atoms with van der Waals surface area (Å²) in [4.78, 5) is 16.4. The van der Waals surface area contributed by atoms with Crippen LogP contribution in [0, 0.1) is 0 Å². The molecule has 0 aliphatic carbocycles. The number of benzene rings is 2. The number of carbonyl (C=O) groups is 1. The molecule has 0 radical (unpaired) electrons. The molecule has 3 N–H and O–H groups in total. The lowest BCUT2D eigenvalue weighted by Gasteiger charge is -2.12. The maximum absolute atomic E-state index is 12.2. The van der Waals surface area contributed by atoms with Crippen LogP contribution in [0.5, 0.6) is 0 Å². The zero-order chi connectivity index (χ0) is 16.2. The molecule has 1 aromatic heterocycles. The van der Waals surface area contributed by atoms with Gasteiger partial charge >= 0.3 is 0 Å². The molecule has 0 bridgehead atoms. The van der Waals surface area contributed by atoms with Gasteiger partial charge in [0.05, 0.1) is 6.10 Å². The van der Waals surface area contributed by atoms with Crippen molar-refractivity contribution in [2.24, 2.45) is 0 Å². The minimum Gasteiger partial charge on any atom is -0.387 e. The number of amides is 1.